The summed E-state index contributed by atoms with van der Waals surface area (Å²) in [7, 11) is 0. The highest BCUT2D eigenvalue weighted by Gasteiger charge is 2.32. The van der Waals surface area contributed by atoms with Gasteiger partial charge >= 0.3 is 0 Å². The van der Waals surface area contributed by atoms with Crippen molar-refractivity contribution >= 4 is 27.7 Å². The maximum atomic E-state index is 13.8. The lowest BCUT2D eigenvalue weighted by Crippen LogP contribution is -2.53. The van der Waals surface area contributed by atoms with E-state index in [1.807, 2.05) is 86.6 Å². The molecule has 1 aliphatic rings. The van der Waals surface area contributed by atoms with Gasteiger partial charge in [0.2, 0.25) is 5.91 Å². The van der Waals surface area contributed by atoms with Gasteiger partial charge in [-0.2, -0.15) is 0 Å². The first kappa shape index (κ1) is 27.9. The van der Waals surface area contributed by atoms with Gasteiger partial charge in [0.15, 0.2) is 6.61 Å². The van der Waals surface area contributed by atoms with Crippen molar-refractivity contribution in [2.24, 2.45) is 0 Å². The van der Waals surface area contributed by atoms with Gasteiger partial charge < -0.3 is 15.0 Å². The van der Waals surface area contributed by atoms with Crippen LogP contribution in [0.25, 0.3) is 0 Å². The molecule has 0 radical (unpaired) electrons. The van der Waals surface area contributed by atoms with Crippen LogP contribution < -0.4 is 10.1 Å². The Morgan fingerprint density at radius 3 is 2.32 bits per heavy atom. The zero-order chi connectivity index (χ0) is 26.9. The highest BCUT2D eigenvalue weighted by molar-refractivity contribution is 9.10. The molecule has 1 fully saturated rings. The summed E-state index contributed by atoms with van der Waals surface area (Å²) in [5, 5.41) is 3.28. The third kappa shape index (κ3) is 7.94. The number of benzene rings is 3. The second kappa shape index (κ2) is 13.6. The van der Waals surface area contributed by atoms with Gasteiger partial charge in [0.05, 0.1) is 0 Å². The minimum absolute atomic E-state index is 0.0996. The standard InChI is InChI=1S/C32H37BrN2O3/c1-23-13-18-29(19-24(23)2)38-22-31(36)35(21-26-14-16-27(33)17-15-26)30(20-25-9-5-3-6-10-25)32(37)34-28-11-7-4-8-12-28/h3,5-6,9-10,13-19,28,30H,4,7-8,11-12,20-22H2,1-2H3,(H,34,37)/t30-/m1/s1. The predicted octanol–water partition coefficient (Wildman–Crippen LogP) is 6.53. The Labute approximate surface area is 234 Å². The fourth-order valence-corrected chi connectivity index (χ4v) is 5.18. The van der Waals surface area contributed by atoms with E-state index < -0.39 is 6.04 Å². The van der Waals surface area contributed by atoms with Crippen LogP contribution in [-0.4, -0.2) is 35.4 Å². The molecule has 1 N–H and O–H groups in total. The summed E-state index contributed by atoms with van der Waals surface area (Å²) in [5.74, 6) is 0.333. The van der Waals surface area contributed by atoms with Crippen molar-refractivity contribution in [3.63, 3.8) is 0 Å². The number of halogens is 1. The lowest BCUT2D eigenvalue weighted by molar-refractivity contribution is -0.143. The van der Waals surface area contributed by atoms with E-state index in [9.17, 15) is 9.59 Å². The Morgan fingerprint density at radius 2 is 1.63 bits per heavy atom. The van der Waals surface area contributed by atoms with Crippen molar-refractivity contribution < 1.29 is 14.3 Å². The van der Waals surface area contributed by atoms with E-state index in [-0.39, 0.29) is 24.5 Å². The second-order valence-electron chi connectivity index (χ2n) is 10.2. The van der Waals surface area contributed by atoms with Gasteiger partial charge in [0.1, 0.15) is 11.8 Å². The molecule has 1 aliphatic carbocycles. The van der Waals surface area contributed by atoms with Crippen LogP contribution in [0.2, 0.25) is 0 Å². The molecule has 38 heavy (non-hydrogen) atoms. The van der Waals surface area contributed by atoms with E-state index in [2.05, 4.69) is 21.2 Å². The molecule has 200 valence electrons. The van der Waals surface area contributed by atoms with Crippen molar-refractivity contribution in [1.29, 1.82) is 0 Å². The summed E-state index contributed by atoms with van der Waals surface area (Å²) in [6, 6.07) is 23.1. The number of rotatable bonds is 10. The van der Waals surface area contributed by atoms with Gasteiger partial charge in [-0.3, -0.25) is 9.59 Å². The molecule has 0 unspecified atom stereocenters. The van der Waals surface area contributed by atoms with Crippen molar-refractivity contribution in [1.82, 2.24) is 10.2 Å². The third-order valence-electron chi connectivity index (χ3n) is 7.33. The van der Waals surface area contributed by atoms with E-state index in [0.29, 0.717) is 18.7 Å². The highest BCUT2D eigenvalue weighted by Crippen LogP contribution is 2.21. The third-order valence-corrected chi connectivity index (χ3v) is 7.86. The van der Waals surface area contributed by atoms with Crippen molar-refractivity contribution in [3.8, 4) is 5.75 Å². The van der Waals surface area contributed by atoms with Crippen LogP contribution in [0, 0.1) is 13.8 Å². The molecule has 0 aliphatic heterocycles. The molecule has 3 aromatic rings. The quantitative estimate of drug-likeness (QED) is 0.298. The van der Waals surface area contributed by atoms with E-state index in [4.69, 9.17) is 4.74 Å². The lowest BCUT2D eigenvalue weighted by Gasteiger charge is -2.33. The Hall–Kier alpha value is -3.12. The molecular weight excluding hydrogens is 540 g/mol. The van der Waals surface area contributed by atoms with Crippen molar-refractivity contribution in [3.05, 3.63) is 99.5 Å². The molecule has 0 spiro atoms. The molecule has 6 heteroatoms. The summed E-state index contributed by atoms with van der Waals surface area (Å²) in [5.41, 5.74) is 4.24. The largest absolute Gasteiger partial charge is 0.484 e. The zero-order valence-corrected chi connectivity index (χ0v) is 23.9. The van der Waals surface area contributed by atoms with Gasteiger partial charge in [0.25, 0.3) is 5.91 Å². The highest BCUT2D eigenvalue weighted by atomic mass is 79.9. The number of carbonyl (C=O) groups excluding carboxylic acids is 2. The summed E-state index contributed by atoms with van der Waals surface area (Å²) in [6.07, 6.45) is 5.87. The normalized spacial score (nSPS) is 14.5. The first-order valence-corrected chi connectivity index (χ1v) is 14.3. The number of hydrogen-bond donors (Lipinski definition) is 1. The van der Waals surface area contributed by atoms with E-state index in [0.717, 1.165) is 46.8 Å². The Bertz CT molecular complexity index is 1210. The minimum atomic E-state index is -0.654. The second-order valence-corrected chi connectivity index (χ2v) is 11.1. The van der Waals surface area contributed by atoms with Crippen LogP contribution in [0.1, 0.15) is 54.4 Å². The minimum Gasteiger partial charge on any atom is -0.484 e. The van der Waals surface area contributed by atoms with Crippen LogP contribution in [0.15, 0.2) is 77.3 Å². The summed E-state index contributed by atoms with van der Waals surface area (Å²) >= 11 is 3.49. The van der Waals surface area contributed by atoms with Gasteiger partial charge in [-0.1, -0.05) is 83.7 Å². The monoisotopic (exact) mass is 576 g/mol. The van der Waals surface area contributed by atoms with Crippen molar-refractivity contribution in [2.45, 2.75) is 71.0 Å². The zero-order valence-electron chi connectivity index (χ0n) is 22.3. The summed E-state index contributed by atoms with van der Waals surface area (Å²) < 4.78 is 6.91. The number of aryl methyl sites for hydroxylation is 2. The van der Waals surface area contributed by atoms with Gasteiger partial charge in [0, 0.05) is 23.5 Å². The molecule has 1 saturated carbocycles. The topological polar surface area (TPSA) is 58.6 Å². The van der Waals surface area contributed by atoms with Crippen LogP contribution in [0.5, 0.6) is 5.75 Å². The predicted molar refractivity (Wildman–Crippen MR) is 155 cm³/mol. The molecule has 2 amide bonds. The number of ether oxygens (including phenoxy) is 1. The van der Waals surface area contributed by atoms with Crippen LogP contribution in [0.4, 0.5) is 0 Å². The fraction of sp³-hybridized carbons (Fsp3) is 0.375. The van der Waals surface area contributed by atoms with Gasteiger partial charge in [-0.25, -0.2) is 0 Å². The molecule has 5 nitrogen and oxygen atoms in total. The molecule has 0 saturated heterocycles. The molecule has 0 bridgehead atoms. The van der Waals surface area contributed by atoms with Gasteiger partial charge in [-0.15, -0.1) is 0 Å². The fourth-order valence-electron chi connectivity index (χ4n) is 4.92. The number of amides is 2. The van der Waals surface area contributed by atoms with Gasteiger partial charge in [-0.05, 0) is 73.2 Å². The Kier molecular flexibility index (Phi) is 9.99. The average Bonchev–Trinajstić information content (AvgIpc) is 2.93. The molecular formula is C32H37BrN2O3. The Balaban J connectivity index is 1.60. The van der Waals surface area contributed by atoms with Crippen LogP contribution in [-0.2, 0) is 22.6 Å². The Morgan fingerprint density at radius 1 is 0.921 bits per heavy atom. The smallest absolute Gasteiger partial charge is 0.261 e. The first-order chi connectivity index (χ1) is 18.4. The lowest BCUT2D eigenvalue weighted by atomic mass is 9.94. The SMILES string of the molecule is Cc1ccc(OCC(=O)N(Cc2ccc(Br)cc2)[C@H](Cc2ccccc2)C(=O)NC2CCCCC2)cc1C. The van der Waals surface area contributed by atoms with Crippen molar-refractivity contribution in [2.75, 3.05) is 6.61 Å². The maximum Gasteiger partial charge on any atom is 0.261 e. The molecule has 0 aromatic heterocycles. The van der Waals surface area contributed by atoms with E-state index in [1.165, 1.54) is 12.0 Å². The number of nitrogens with zero attached hydrogens (tertiary/aromatic N) is 1. The van der Waals surface area contributed by atoms with E-state index >= 15 is 0 Å². The number of nitrogens with one attached hydrogen (secondary N) is 1. The summed E-state index contributed by atoms with van der Waals surface area (Å²) in [6.45, 7) is 4.25. The average molecular weight is 578 g/mol. The molecule has 1 atom stereocenters. The van der Waals surface area contributed by atoms with E-state index in [1.54, 1.807) is 4.90 Å². The first-order valence-electron chi connectivity index (χ1n) is 13.5. The van der Waals surface area contributed by atoms with Crippen LogP contribution in [0.3, 0.4) is 0 Å². The molecule has 0 heterocycles. The molecule has 3 aromatic carbocycles. The van der Waals surface area contributed by atoms with Crippen LogP contribution >= 0.6 is 15.9 Å². The maximum absolute atomic E-state index is 13.8. The summed E-state index contributed by atoms with van der Waals surface area (Å²) in [4.78, 5) is 29.3. The number of hydrogen-bond acceptors (Lipinski definition) is 3. The number of carbonyl (C=O) groups is 2. The molecule has 4 rings (SSSR count).